The number of rotatable bonds is 4. The SMILES string of the molecule is COCC(CO)N=C1NC(=O)C(=O)N1. The molecule has 1 unspecified atom stereocenters. The van der Waals surface area contributed by atoms with Crippen molar-refractivity contribution < 1.29 is 19.4 Å². The van der Waals surface area contributed by atoms with Crippen LogP contribution in [0.1, 0.15) is 0 Å². The van der Waals surface area contributed by atoms with Gasteiger partial charge in [-0.3, -0.25) is 20.2 Å². The minimum absolute atomic E-state index is 0.0519. The van der Waals surface area contributed by atoms with Gasteiger partial charge in [-0.1, -0.05) is 0 Å². The molecule has 3 N–H and O–H groups in total. The number of aliphatic hydroxyl groups is 1. The van der Waals surface area contributed by atoms with Crippen molar-refractivity contribution in [1.82, 2.24) is 10.6 Å². The van der Waals surface area contributed by atoms with Gasteiger partial charge in [-0.25, -0.2) is 4.99 Å². The molecular weight excluding hydrogens is 190 g/mol. The van der Waals surface area contributed by atoms with E-state index in [0.29, 0.717) is 0 Å². The Bertz CT molecular complexity index is 258. The molecule has 0 bridgehead atoms. The van der Waals surface area contributed by atoms with Crippen LogP contribution in [-0.2, 0) is 14.3 Å². The van der Waals surface area contributed by atoms with Gasteiger partial charge in [0.1, 0.15) is 6.04 Å². The Morgan fingerprint density at radius 3 is 2.43 bits per heavy atom. The predicted molar refractivity (Wildman–Crippen MR) is 46.5 cm³/mol. The summed E-state index contributed by atoms with van der Waals surface area (Å²) in [5.41, 5.74) is 0. The quantitative estimate of drug-likeness (QED) is 0.441. The summed E-state index contributed by atoms with van der Waals surface area (Å²) in [5.74, 6) is -1.45. The first-order valence-corrected chi connectivity index (χ1v) is 3.97. The van der Waals surface area contributed by atoms with Crippen LogP contribution in [-0.4, -0.2) is 49.2 Å². The number of aliphatic imine (C=N–C) groups is 1. The number of hydrogen-bond donors (Lipinski definition) is 3. The highest BCUT2D eigenvalue weighted by Crippen LogP contribution is 1.92. The van der Waals surface area contributed by atoms with Crippen LogP contribution >= 0.6 is 0 Å². The molecule has 0 radical (unpaired) electrons. The zero-order valence-corrected chi connectivity index (χ0v) is 7.61. The Morgan fingerprint density at radius 1 is 1.43 bits per heavy atom. The van der Waals surface area contributed by atoms with Crippen LogP contribution in [0, 0.1) is 0 Å². The van der Waals surface area contributed by atoms with Gasteiger partial charge in [0.15, 0.2) is 0 Å². The number of carbonyl (C=O) groups is 2. The number of carbonyl (C=O) groups excluding carboxylic acids is 2. The van der Waals surface area contributed by atoms with Crippen LogP contribution in [0.25, 0.3) is 0 Å². The zero-order valence-electron chi connectivity index (χ0n) is 7.61. The Morgan fingerprint density at radius 2 is 2.00 bits per heavy atom. The van der Waals surface area contributed by atoms with E-state index in [1.807, 2.05) is 0 Å². The summed E-state index contributed by atoms with van der Waals surface area (Å²) in [5, 5.41) is 13.3. The van der Waals surface area contributed by atoms with Gasteiger partial charge in [-0.15, -0.1) is 0 Å². The molecule has 1 saturated heterocycles. The lowest BCUT2D eigenvalue weighted by Crippen LogP contribution is -2.30. The molecule has 0 aromatic carbocycles. The van der Waals surface area contributed by atoms with Crippen LogP contribution in [0.3, 0.4) is 0 Å². The Kier molecular flexibility index (Phi) is 3.55. The van der Waals surface area contributed by atoms with E-state index in [1.54, 1.807) is 0 Å². The maximum absolute atomic E-state index is 10.7. The van der Waals surface area contributed by atoms with Crippen molar-refractivity contribution in [2.24, 2.45) is 4.99 Å². The van der Waals surface area contributed by atoms with Gasteiger partial charge >= 0.3 is 11.8 Å². The number of guanidine groups is 1. The van der Waals surface area contributed by atoms with Gasteiger partial charge in [0, 0.05) is 7.11 Å². The van der Waals surface area contributed by atoms with Gasteiger partial charge in [0.05, 0.1) is 13.2 Å². The van der Waals surface area contributed by atoms with Crippen molar-refractivity contribution in [3.63, 3.8) is 0 Å². The van der Waals surface area contributed by atoms with Crippen LogP contribution < -0.4 is 10.6 Å². The van der Waals surface area contributed by atoms with Crippen LogP contribution in [0.2, 0.25) is 0 Å². The summed E-state index contributed by atoms with van der Waals surface area (Å²) < 4.78 is 4.77. The number of hydrogen-bond acceptors (Lipinski definition) is 5. The second-order valence-electron chi connectivity index (χ2n) is 2.68. The molecule has 14 heavy (non-hydrogen) atoms. The second kappa shape index (κ2) is 4.68. The highest BCUT2D eigenvalue weighted by atomic mass is 16.5. The largest absolute Gasteiger partial charge is 0.394 e. The predicted octanol–water partition coefficient (Wildman–Crippen LogP) is -2.40. The minimum Gasteiger partial charge on any atom is -0.394 e. The molecule has 1 heterocycles. The number of ether oxygens (including phenoxy) is 1. The topological polar surface area (TPSA) is 100 Å². The van der Waals surface area contributed by atoms with Gasteiger partial charge in [-0.2, -0.15) is 0 Å². The molecule has 78 valence electrons. The molecule has 0 saturated carbocycles. The highest BCUT2D eigenvalue weighted by Gasteiger charge is 2.25. The zero-order chi connectivity index (χ0) is 10.6. The summed E-state index contributed by atoms with van der Waals surface area (Å²) in [6, 6.07) is -0.492. The van der Waals surface area contributed by atoms with Crippen molar-refractivity contribution in [3.8, 4) is 0 Å². The number of nitrogens with one attached hydrogen (secondary N) is 2. The molecule has 1 rings (SSSR count). The van der Waals surface area contributed by atoms with Crippen molar-refractivity contribution in [2.45, 2.75) is 6.04 Å². The minimum atomic E-state index is -0.752. The Labute approximate surface area is 80.1 Å². The third-order valence-corrected chi connectivity index (χ3v) is 1.55. The van der Waals surface area contributed by atoms with Crippen molar-refractivity contribution in [2.75, 3.05) is 20.3 Å². The first-order chi connectivity index (χ1) is 6.67. The van der Waals surface area contributed by atoms with E-state index >= 15 is 0 Å². The average Bonchev–Trinajstić information content (AvgIpc) is 2.45. The van der Waals surface area contributed by atoms with E-state index < -0.39 is 17.9 Å². The average molecular weight is 201 g/mol. The van der Waals surface area contributed by atoms with Gasteiger partial charge < -0.3 is 9.84 Å². The summed E-state index contributed by atoms with van der Waals surface area (Å²) in [4.78, 5) is 25.3. The number of aliphatic hydroxyl groups excluding tert-OH is 1. The number of methoxy groups -OCH3 is 1. The number of nitrogens with zero attached hydrogens (tertiary/aromatic N) is 1. The normalized spacial score (nSPS) is 17.7. The molecule has 1 aliphatic rings. The molecule has 7 nitrogen and oxygen atoms in total. The molecule has 1 aliphatic heterocycles. The first kappa shape index (κ1) is 10.6. The summed E-state index contributed by atoms with van der Waals surface area (Å²) in [7, 11) is 1.47. The molecular formula is C7H11N3O4. The Balaban J connectivity index is 2.59. The maximum Gasteiger partial charge on any atom is 0.316 e. The number of amides is 2. The first-order valence-electron chi connectivity index (χ1n) is 3.97. The van der Waals surface area contributed by atoms with Crippen LogP contribution in [0.15, 0.2) is 4.99 Å². The Hall–Kier alpha value is -1.47. The smallest absolute Gasteiger partial charge is 0.316 e. The second-order valence-corrected chi connectivity index (χ2v) is 2.68. The van der Waals surface area contributed by atoms with E-state index in [4.69, 9.17) is 9.84 Å². The maximum atomic E-state index is 10.7. The molecule has 1 fully saturated rings. The van der Waals surface area contributed by atoms with E-state index in [-0.39, 0.29) is 19.2 Å². The van der Waals surface area contributed by atoms with Crippen molar-refractivity contribution >= 4 is 17.8 Å². The molecule has 1 atom stereocenters. The highest BCUT2D eigenvalue weighted by molar-refractivity contribution is 6.45. The summed E-state index contributed by atoms with van der Waals surface area (Å²) >= 11 is 0. The monoisotopic (exact) mass is 201 g/mol. The molecule has 2 amide bonds. The van der Waals surface area contributed by atoms with Crippen LogP contribution in [0.5, 0.6) is 0 Å². The lowest BCUT2D eigenvalue weighted by atomic mass is 10.3. The molecule has 0 spiro atoms. The van der Waals surface area contributed by atoms with E-state index in [2.05, 4.69) is 15.6 Å². The fraction of sp³-hybridized carbons (Fsp3) is 0.571. The van der Waals surface area contributed by atoms with E-state index in [9.17, 15) is 9.59 Å². The van der Waals surface area contributed by atoms with Gasteiger partial charge in [-0.05, 0) is 0 Å². The molecule has 0 aromatic rings. The standard InChI is InChI=1S/C7H11N3O4/c1-14-3-4(2-11)8-7-9-5(12)6(13)10-7/h4,11H,2-3H2,1H3,(H2,8,9,10,12,13). The molecule has 0 aromatic heterocycles. The van der Waals surface area contributed by atoms with Crippen LogP contribution in [0.4, 0.5) is 0 Å². The molecule has 7 heteroatoms. The summed E-state index contributed by atoms with van der Waals surface area (Å²) in [6.07, 6.45) is 0. The third kappa shape index (κ3) is 2.51. The van der Waals surface area contributed by atoms with Gasteiger partial charge in [0.25, 0.3) is 0 Å². The fourth-order valence-electron chi connectivity index (χ4n) is 0.930. The molecule has 0 aliphatic carbocycles. The third-order valence-electron chi connectivity index (χ3n) is 1.55. The van der Waals surface area contributed by atoms with E-state index in [0.717, 1.165) is 0 Å². The lowest BCUT2D eigenvalue weighted by molar-refractivity contribution is -0.135. The lowest BCUT2D eigenvalue weighted by Gasteiger charge is -2.07. The van der Waals surface area contributed by atoms with Crippen molar-refractivity contribution in [3.05, 3.63) is 0 Å². The summed E-state index contributed by atoms with van der Waals surface area (Å²) in [6.45, 7) is -0.00514. The van der Waals surface area contributed by atoms with E-state index in [1.165, 1.54) is 7.11 Å². The van der Waals surface area contributed by atoms with Crippen molar-refractivity contribution in [1.29, 1.82) is 0 Å². The van der Waals surface area contributed by atoms with Gasteiger partial charge in [0.2, 0.25) is 5.96 Å². The fourth-order valence-corrected chi connectivity index (χ4v) is 0.930.